The highest BCUT2D eigenvalue weighted by Gasteiger charge is 2.19. The van der Waals surface area contributed by atoms with E-state index in [0.717, 1.165) is 72.5 Å². The van der Waals surface area contributed by atoms with Crippen LogP contribution in [0.1, 0.15) is 0 Å². The summed E-state index contributed by atoms with van der Waals surface area (Å²) in [5.41, 5.74) is 17.7. The fourth-order valence-electron chi connectivity index (χ4n) is 9.45. The number of anilines is 3. The van der Waals surface area contributed by atoms with Crippen molar-refractivity contribution in [2.45, 2.75) is 0 Å². The Kier molecular flexibility index (Phi) is 8.83. The summed E-state index contributed by atoms with van der Waals surface area (Å²) in [6, 6.07) is 86.9. The van der Waals surface area contributed by atoms with Crippen molar-refractivity contribution in [3.8, 4) is 50.2 Å². The molecule has 12 rings (SSSR count). The summed E-state index contributed by atoms with van der Waals surface area (Å²) in [4.78, 5) is 2.34. The van der Waals surface area contributed by atoms with Gasteiger partial charge >= 0.3 is 0 Å². The Balaban J connectivity index is 0.945. The molecule has 63 heavy (non-hydrogen) atoms. The van der Waals surface area contributed by atoms with E-state index < -0.39 is 0 Å². The third-order valence-electron chi connectivity index (χ3n) is 12.4. The largest absolute Gasteiger partial charge is 0.455 e. The number of hydrogen-bond donors (Lipinski definition) is 0. The van der Waals surface area contributed by atoms with Crippen LogP contribution in [0.15, 0.2) is 247 Å². The molecular formula is C60H40N2O. The van der Waals surface area contributed by atoms with Crippen molar-refractivity contribution in [2.24, 2.45) is 0 Å². The van der Waals surface area contributed by atoms with Gasteiger partial charge in [-0.1, -0.05) is 188 Å². The molecule has 2 heterocycles. The quantitative estimate of drug-likeness (QED) is 0.153. The first-order chi connectivity index (χ1) is 31.3. The molecule has 296 valence electrons. The van der Waals surface area contributed by atoms with Crippen LogP contribution in [0.5, 0.6) is 0 Å². The average Bonchev–Trinajstić information content (AvgIpc) is 3.92. The highest BCUT2D eigenvalue weighted by atomic mass is 16.3. The number of para-hydroxylation sites is 5. The summed E-state index contributed by atoms with van der Waals surface area (Å²) in [5.74, 6) is 0. The van der Waals surface area contributed by atoms with E-state index in [-0.39, 0.29) is 0 Å². The molecule has 0 radical (unpaired) electrons. The van der Waals surface area contributed by atoms with Crippen molar-refractivity contribution in [2.75, 3.05) is 4.90 Å². The lowest BCUT2D eigenvalue weighted by Gasteiger charge is -2.26. The van der Waals surface area contributed by atoms with E-state index in [2.05, 4.69) is 246 Å². The van der Waals surface area contributed by atoms with Crippen LogP contribution in [0.2, 0.25) is 0 Å². The van der Waals surface area contributed by atoms with Gasteiger partial charge in [-0.3, -0.25) is 0 Å². The maximum Gasteiger partial charge on any atom is 0.143 e. The number of hydrogen-bond acceptors (Lipinski definition) is 2. The summed E-state index contributed by atoms with van der Waals surface area (Å²) in [6.07, 6.45) is 0. The first-order valence-electron chi connectivity index (χ1n) is 21.5. The second-order valence-corrected chi connectivity index (χ2v) is 16.1. The molecule has 12 aromatic rings. The van der Waals surface area contributed by atoms with Gasteiger partial charge in [0, 0.05) is 55.3 Å². The normalized spacial score (nSPS) is 11.5. The zero-order valence-electron chi connectivity index (χ0n) is 34.4. The van der Waals surface area contributed by atoms with Crippen LogP contribution in [-0.2, 0) is 0 Å². The average molecular weight is 805 g/mol. The minimum Gasteiger partial charge on any atom is -0.455 e. The van der Waals surface area contributed by atoms with E-state index in [0.29, 0.717) is 0 Å². The molecule has 0 saturated heterocycles. The molecular weight excluding hydrogens is 765 g/mol. The van der Waals surface area contributed by atoms with Gasteiger partial charge in [0.2, 0.25) is 0 Å². The first-order valence-corrected chi connectivity index (χ1v) is 21.5. The van der Waals surface area contributed by atoms with Crippen LogP contribution in [0.25, 0.3) is 93.9 Å². The van der Waals surface area contributed by atoms with E-state index in [1.807, 2.05) is 6.07 Å². The molecule has 0 atom stereocenters. The Hall–Kier alpha value is -8.40. The predicted octanol–water partition coefficient (Wildman–Crippen LogP) is 16.8. The van der Waals surface area contributed by atoms with E-state index in [9.17, 15) is 0 Å². The summed E-state index contributed by atoms with van der Waals surface area (Å²) < 4.78 is 9.20. The Morgan fingerprint density at radius 3 is 1.17 bits per heavy atom. The van der Waals surface area contributed by atoms with Gasteiger partial charge in [-0.05, 0) is 82.4 Å². The van der Waals surface area contributed by atoms with Crippen LogP contribution < -0.4 is 4.90 Å². The lowest BCUT2D eigenvalue weighted by Crippen LogP contribution is -2.09. The number of nitrogens with zero attached hydrogens (tertiary/aromatic N) is 2. The number of fused-ring (bicyclic) bond motifs is 6. The maximum absolute atomic E-state index is 6.80. The second kappa shape index (κ2) is 15.3. The molecule has 0 amide bonds. The SMILES string of the molecule is c1ccc(-c2ccc(N(c3ccc(-c4ccccc4-n4c5ccccc5c5ccccc54)cc3)c3ccc(-c4cccc5c4oc4c(-c6ccccc6)cccc45)cc3)cc2)cc1. The number of rotatable bonds is 8. The van der Waals surface area contributed by atoms with E-state index in [1.165, 1.54) is 38.5 Å². The third-order valence-corrected chi connectivity index (χ3v) is 12.4. The molecule has 0 aliphatic heterocycles. The first kappa shape index (κ1) is 36.5. The topological polar surface area (TPSA) is 21.3 Å². The van der Waals surface area contributed by atoms with Crippen molar-refractivity contribution in [1.29, 1.82) is 0 Å². The van der Waals surface area contributed by atoms with Gasteiger partial charge in [0.1, 0.15) is 11.2 Å². The molecule has 3 heteroatoms. The monoisotopic (exact) mass is 804 g/mol. The Labute approximate surface area is 366 Å². The summed E-state index contributed by atoms with van der Waals surface area (Å²) in [6.45, 7) is 0. The van der Waals surface area contributed by atoms with Crippen molar-refractivity contribution in [1.82, 2.24) is 4.57 Å². The van der Waals surface area contributed by atoms with Crippen molar-refractivity contribution < 1.29 is 4.42 Å². The molecule has 0 fully saturated rings. The van der Waals surface area contributed by atoms with Gasteiger partial charge in [0.05, 0.1) is 16.7 Å². The molecule has 0 bridgehead atoms. The molecule has 2 aromatic heterocycles. The Morgan fingerprint density at radius 1 is 0.270 bits per heavy atom. The van der Waals surface area contributed by atoms with Gasteiger partial charge in [-0.15, -0.1) is 0 Å². The zero-order valence-corrected chi connectivity index (χ0v) is 34.4. The van der Waals surface area contributed by atoms with E-state index >= 15 is 0 Å². The summed E-state index contributed by atoms with van der Waals surface area (Å²) in [5, 5.41) is 4.75. The predicted molar refractivity (Wildman–Crippen MR) is 264 cm³/mol. The van der Waals surface area contributed by atoms with Crippen LogP contribution in [0.4, 0.5) is 17.1 Å². The lowest BCUT2D eigenvalue weighted by molar-refractivity contribution is 0.671. The highest BCUT2D eigenvalue weighted by Crippen LogP contribution is 2.43. The van der Waals surface area contributed by atoms with Gasteiger partial charge in [0.15, 0.2) is 0 Å². The van der Waals surface area contributed by atoms with Crippen molar-refractivity contribution >= 4 is 60.8 Å². The smallest absolute Gasteiger partial charge is 0.143 e. The van der Waals surface area contributed by atoms with E-state index in [4.69, 9.17) is 4.42 Å². The van der Waals surface area contributed by atoms with Crippen LogP contribution >= 0.6 is 0 Å². The maximum atomic E-state index is 6.80. The summed E-state index contributed by atoms with van der Waals surface area (Å²) in [7, 11) is 0. The van der Waals surface area contributed by atoms with E-state index in [1.54, 1.807) is 0 Å². The molecule has 0 N–H and O–H groups in total. The number of furan rings is 1. The third kappa shape index (κ3) is 6.29. The van der Waals surface area contributed by atoms with Crippen LogP contribution in [-0.4, -0.2) is 4.57 Å². The zero-order chi connectivity index (χ0) is 41.7. The molecule has 0 saturated carbocycles. The minimum absolute atomic E-state index is 0.897. The number of aromatic nitrogens is 1. The molecule has 0 aliphatic rings. The fourth-order valence-corrected chi connectivity index (χ4v) is 9.45. The standard InChI is InChI=1S/C60H40N2O/c1-3-15-41(16-4-1)42-29-35-46(36-30-42)61(47-37-31-44(32-38-47)49-19-7-10-26-56(49)62-57-27-11-8-20-52(57)53-21-9-12-28-58(53)62)48-39-33-45(34-40-48)51-23-14-25-55-54-24-13-22-50(59(54)63-60(51)55)43-17-5-2-6-18-43/h1-40H. The van der Waals surface area contributed by atoms with Crippen molar-refractivity contribution in [3.05, 3.63) is 243 Å². The fraction of sp³-hybridized carbons (Fsp3) is 0. The van der Waals surface area contributed by atoms with Gasteiger partial charge in [0.25, 0.3) is 0 Å². The Bertz CT molecular complexity index is 3530. The van der Waals surface area contributed by atoms with Gasteiger partial charge in [-0.25, -0.2) is 0 Å². The molecule has 10 aromatic carbocycles. The second-order valence-electron chi connectivity index (χ2n) is 16.1. The van der Waals surface area contributed by atoms with Gasteiger partial charge in [-0.2, -0.15) is 0 Å². The lowest BCUT2D eigenvalue weighted by atomic mass is 9.99. The molecule has 0 aliphatic carbocycles. The Morgan fingerprint density at radius 2 is 0.635 bits per heavy atom. The molecule has 3 nitrogen and oxygen atoms in total. The van der Waals surface area contributed by atoms with Crippen molar-refractivity contribution in [3.63, 3.8) is 0 Å². The summed E-state index contributed by atoms with van der Waals surface area (Å²) >= 11 is 0. The van der Waals surface area contributed by atoms with Gasteiger partial charge < -0.3 is 13.9 Å². The molecule has 0 unspecified atom stereocenters. The number of benzene rings is 10. The minimum atomic E-state index is 0.897. The van der Waals surface area contributed by atoms with Crippen LogP contribution in [0.3, 0.4) is 0 Å². The van der Waals surface area contributed by atoms with Crippen LogP contribution in [0, 0.1) is 0 Å². The molecule has 0 spiro atoms. The highest BCUT2D eigenvalue weighted by molar-refractivity contribution is 6.13.